The van der Waals surface area contributed by atoms with Gasteiger partial charge in [-0.25, -0.2) is 4.79 Å². The molecule has 0 aliphatic carbocycles. The van der Waals surface area contributed by atoms with Crippen molar-refractivity contribution in [2.45, 2.75) is 19.9 Å². The Morgan fingerprint density at radius 3 is 2.64 bits per heavy atom. The fourth-order valence-corrected chi connectivity index (χ4v) is 1.93. The lowest BCUT2D eigenvalue weighted by atomic mass is 10.2. The van der Waals surface area contributed by atoms with E-state index >= 15 is 0 Å². The van der Waals surface area contributed by atoms with Gasteiger partial charge in [-0.1, -0.05) is 24.8 Å². The first-order valence-corrected chi connectivity index (χ1v) is 6.82. The van der Waals surface area contributed by atoms with Gasteiger partial charge < -0.3 is 5.32 Å². The summed E-state index contributed by atoms with van der Waals surface area (Å²) in [4.78, 5) is 37.0. The first-order chi connectivity index (χ1) is 10.5. The summed E-state index contributed by atoms with van der Waals surface area (Å²) >= 11 is 0. The fourth-order valence-electron chi connectivity index (χ4n) is 1.93. The van der Waals surface area contributed by atoms with Gasteiger partial charge in [0, 0.05) is 30.4 Å². The van der Waals surface area contributed by atoms with Crippen LogP contribution >= 0.6 is 0 Å². The minimum atomic E-state index is -0.515. The molecule has 0 atom stereocenters. The van der Waals surface area contributed by atoms with E-state index in [9.17, 15) is 14.4 Å². The van der Waals surface area contributed by atoms with E-state index in [1.807, 2.05) is 12.1 Å². The number of aromatic nitrogens is 2. The zero-order valence-corrected chi connectivity index (χ0v) is 12.3. The maximum Gasteiger partial charge on any atom is 0.328 e. The molecule has 1 aromatic heterocycles. The Hall–Kier alpha value is -2.89. The molecule has 1 aromatic carbocycles. The summed E-state index contributed by atoms with van der Waals surface area (Å²) in [5, 5.41) is 2.75. The number of carbonyl (C=O) groups is 1. The van der Waals surface area contributed by atoms with Crippen LogP contribution < -0.4 is 16.6 Å². The van der Waals surface area contributed by atoms with Crippen LogP contribution in [0, 0.1) is 6.92 Å². The first-order valence-electron chi connectivity index (χ1n) is 6.82. The van der Waals surface area contributed by atoms with Crippen molar-refractivity contribution in [1.29, 1.82) is 0 Å². The Kier molecular flexibility index (Phi) is 4.73. The van der Waals surface area contributed by atoms with Crippen LogP contribution in [0.25, 0.3) is 6.08 Å². The van der Waals surface area contributed by atoms with Crippen LogP contribution in [0.5, 0.6) is 0 Å². The molecule has 0 unspecified atom stereocenters. The summed E-state index contributed by atoms with van der Waals surface area (Å²) in [6.45, 7) is 5.47. The Morgan fingerprint density at radius 1 is 1.32 bits per heavy atom. The third-order valence-electron chi connectivity index (χ3n) is 3.20. The molecule has 2 rings (SSSR count). The summed E-state index contributed by atoms with van der Waals surface area (Å²) in [5.41, 5.74) is 1.15. The van der Waals surface area contributed by atoms with Crippen molar-refractivity contribution >= 4 is 17.7 Å². The average molecular weight is 299 g/mol. The molecule has 1 amide bonds. The molecule has 0 saturated carbocycles. The van der Waals surface area contributed by atoms with E-state index in [1.54, 1.807) is 25.1 Å². The highest BCUT2D eigenvalue weighted by Gasteiger charge is 2.05. The molecule has 22 heavy (non-hydrogen) atoms. The van der Waals surface area contributed by atoms with Gasteiger partial charge in [0.1, 0.15) is 0 Å². The van der Waals surface area contributed by atoms with Crippen LogP contribution in [0.15, 0.2) is 46.6 Å². The molecule has 6 nitrogen and oxygen atoms in total. The SMILES string of the molecule is C=Cc1ccc(NC(=O)CCn2cc(C)c(=O)[nH]c2=O)cc1. The normalized spacial score (nSPS) is 10.2. The van der Waals surface area contributed by atoms with E-state index in [2.05, 4.69) is 16.9 Å². The number of benzene rings is 1. The van der Waals surface area contributed by atoms with E-state index in [-0.39, 0.29) is 18.9 Å². The molecule has 0 saturated heterocycles. The number of hydrogen-bond donors (Lipinski definition) is 2. The maximum absolute atomic E-state index is 11.9. The topological polar surface area (TPSA) is 84.0 Å². The van der Waals surface area contributed by atoms with E-state index < -0.39 is 11.2 Å². The molecule has 0 aliphatic heterocycles. The Morgan fingerprint density at radius 2 is 2.00 bits per heavy atom. The molecular weight excluding hydrogens is 282 g/mol. The van der Waals surface area contributed by atoms with E-state index in [0.29, 0.717) is 11.3 Å². The second kappa shape index (κ2) is 6.71. The lowest BCUT2D eigenvalue weighted by Gasteiger charge is -2.07. The standard InChI is InChI=1S/C16H17N3O3/c1-3-12-4-6-13(7-5-12)17-14(20)8-9-19-10-11(2)15(21)18-16(19)22/h3-7,10H,1,8-9H2,2H3,(H,17,20)(H,18,21,22). The summed E-state index contributed by atoms with van der Waals surface area (Å²) in [7, 11) is 0. The fraction of sp³-hybridized carbons (Fsp3) is 0.188. The third kappa shape index (κ3) is 3.82. The number of H-pyrrole nitrogens is 1. The number of anilines is 1. The first kappa shape index (κ1) is 15.5. The molecule has 114 valence electrons. The van der Waals surface area contributed by atoms with E-state index in [0.717, 1.165) is 5.56 Å². The number of aromatic amines is 1. The molecule has 2 N–H and O–H groups in total. The van der Waals surface area contributed by atoms with Crippen LogP contribution in [0.1, 0.15) is 17.5 Å². The molecule has 6 heteroatoms. The van der Waals surface area contributed by atoms with Gasteiger partial charge in [0.2, 0.25) is 5.91 Å². The van der Waals surface area contributed by atoms with Crippen LogP contribution in [0.4, 0.5) is 5.69 Å². The smallest absolute Gasteiger partial charge is 0.326 e. The second-order valence-corrected chi connectivity index (χ2v) is 4.89. The summed E-state index contributed by atoms with van der Waals surface area (Å²) in [5.74, 6) is -0.206. The van der Waals surface area contributed by atoms with Crippen molar-refractivity contribution in [3.05, 3.63) is 69.0 Å². The predicted octanol–water partition coefficient (Wildman–Crippen LogP) is 1.52. The summed E-state index contributed by atoms with van der Waals surface area (Å²) < 4.78 is 1.32. The molecule has 0 aliphatic rings. The molecule has 2 aromatic rings. The van der Waals surface area contributed by atoms with Gasteiger partial charge in [-0.05, 0) is 24.6 Å². The van der Waals surface area contributed by atoms with Crippen LogP contribution in [0.2, 0.25) is 0 Å². The zero-order valence-electron chi connectivity index (χ0n) is 12.3. The van der Waals surface area contributed by atoms with Gasteiger partial charge in [0.05, 0.1) is 0 Å². The van der Waals surface area contributed by atoms with Crippen LogP contribution in [0.3, 0.4) is 0 Å². The van der Waals surface area contributed by atoms with Gasteiger partial charge in [0.25, 0.3) is 5.56 Å². The molecule has 0 radical (unpaired) electrons. The number of nitrogens with zero attached hydrogens (tertiary/aromatic N) is 1. The van der Waals surface area contributed by atoms with Gasteiger partial charge in [0.15, 0.2) is 0 Å². The quantitative estimate of drug-likeness (QED) is 0.878. The van der Waals surface area contributed by atoms with Gasteiger partial charge in [-0.15, -0.1) is 0 Å². The van der Waals surface area contributed by atoms with Gasteiger partial charge in [-0.2, -0.15) is 0 Å². The molecular formula is C16H17N3O3. The number of aryl methyl sites for hydroxylation is 2. The van der Waals surface area contributed by atoms with Gasteiger partial charge >= 0.3 is 5.69 Å². The number of nitrogens with one attached hydrogen (secondary N) is 2. The summed E-state index contributed by atoms with van der Waals surface area (Å²) in [6, 6.07) is 7.26. The van der Waals surface area contributed by atoms with E-state index in [1.165, 1.54) is 10.8 Å². The number of amides is 1. The van der Waals surface area contributed by atoms with Crippen LogP contribution in [-0.2, 0) is 11.3 Å². The lowest BCUT2D eigenvalue weighted by molar-refractivity contribution is -0.116. The van der Waals surface area contributed by atoms with Crippen molar-refractivity contribution in [3.8, 4) is 0 Å². The largest absolute Gasteiger partial charge is 0.328 e. The highest BCUT2D eigenvalue weighted by atomic mass is 16.2. The van der Waals surface area contributed by atoms with Crippen LogP contribution in [-0.4, -0.2) is 15.5 Å². The number of carbonyl (C=O) groups excluding carboxylic acids is 1. The Labute approximate surface area is 127 Å². The summed E-state index contributed by atoms with van der Waals surface area (Å²) in [6.07, 6.45) is 3.30. The zero-order chi connectivity index (χ0) is 16.1. The molecule has 0 fully saturated rings. The van der Waals surface area contributed by atoms with Gasteiger partial charge in [-0.3, -0.25) is 19.1 Å². The second-order valence-electron chi connectivity index (χ2n) is 4.89. The van der Waals surface area contributed by atoms with E-state index in [4.69, 9.17) is 0 Å². The third-order valence-corrected chi connectivity index (χ3v) is 3.20. The van der Waals surface area contributed by atoms with Crippen molar-refractivity contribution in [3.63, 3.8) is 0 Å². The number of hydrogen-bond acceptors (Lipinski definition) is 3. The lowest BCUT2D eigenvalue weighted by Crippen LogP contribution is -2.31. The predicted molar refractivity (Wildman–Crippen MR) is 85.8 cm³/mol. The maximum atomic E-state index is 11.9. The van der Waals surface area contributed by atoms with Crippen molar-refractivity contribution in [2.75, 3.05) is 5.32 Å². The Bertz CT molecular complexity index is 801. The van der Waals surface area contributed by atoms with Crippen molar-refractivity contribution < 1.29 is 4.79 Å². The molecule has 1 heterocycles. The minimum absolute atomic E-state index is 0.134. The highest BCUT2D eigenvalue weighted by molar-refractivity contribution is 5.90. The molecule has 0 spiro atoms. The highest BCUT2D eigenvalue weighted by Crippen LogP contribution is 2.10. The minimum Gasteiger partial charge on any atom is -0.326 e. The average Bonchev–Trinajstić information content (AvgIpc) is 2.50. The van der Waals surface area contributed by atoms with Crippen molar-refractivity contribution in [2.24, 2.45) is 0 Å². The number of rotatable bonds is 5. The van der Waals surface area contributed by atoms with Crippen molar-refractivity contribution in [1.82, 2.24) is 9.55 Å². The monoisotopic (exact) mass is 299 g/mol. The Balaban J connectivity index is 1.98. The molecule has 0 bridgehead atoms.